The van der Waals surface area contributed by atoms with Gasteiger partial charge in [0.15, 0.2) is 11.0 Å². The fourth-order valence-corrected chi connectivity index (χ4v) is 3.31. The number of thioether (sulfide) groups is 1. The molecular formula is C12H6BrF6NOS. The predicted molar refractivity (Wildman–Crippen MR) is 72.7 cm³/mol. The molecule has 0 saturated carbocycles. The van der Waals surface area contributed by atoms with Crippen LogP contribution in [0.2, 0.25) is 0 Å². The number of ketones is 1. The van der Waals surface area contributed by atoms with E-state index in [1.54, 1.807) is 0 Å². The molecule has 22 heavy (non-hydrogen) atoms. The van der Waals surface area contributed by atoms with Gasteiger partial charge >= 0.3 is 12.4 Å². The third-order valence-corrected chi connectivity index (χ3v) is 4.70. The molecule has 2 N–H and O–H groups in total. The second kappa shape index (κ2) is 5.48. The SMILES string of the molecule is NC1=C(c2ccc(Br)c(C(F)(F)F)c2)C(=O)C(C(F)(F)F)S1. The Morgan fingerprint density at radius 3 is 2.18 bits per heavy atom. The van der Waals surface area contributed by atoms with Crippen LogP contribution in [0, 0.1) is 0 Å². The lowest BCUT2D eigenvalue weighted by molar-refractivity contribution is -0.144. The van der Waals surface area contributed by atoms with Crippen LogP contribution in [0.3, 0.4) is 0 Å². The Morgan fingerprint density at radius 1 is 1.14 bits per heavy atom. The van der Waals surface area contributed by atoms with Gasteiger partial charge in [-0.25, -0.2) is 0 Å². The Hall–Kier alpha value is -1.16. The van der Waals surface area contributed by atoms with Crippen LogP contribution < -0.4 is 5.73 Å². The molecule has 0 spiro atoms. The monoisotopic (exact) mass is 405 g/mol. The summed E-state index contributed by atoms with van der Waals surface area (Å²) in [7, 11) is 0. The number of allylic oxidation sites excluding steroid dienone is 1. The highest BCUT2D eigenvalue weighted by atomic mass is 79.9. The molecule has 0 saturated heterocycles. The molecule has 1 unspecified atom stereocenters. The first-order valence-electron chi connectivity index (χ1n) is 5.57. The standard InChI is InChI=1S/C12H6BrF6NOS/c13-6-2-1-4(3-5(6)11(14,15)16)7-8(21)9(12(17,18)19)22-10(7)20/h1-3,9H,20H2. The van der Waals surface area contributed by atoms with Crippen molar-refractivity contribution >= 4 is 39.0 Å². The van der Waals surface area contributed by atoms with E-state index in [-0.39, 0.29) is 21.8 Å². The summed E-state index contributed by atoms with van der Waals surface area (Å²) in [6, 6.07) is 2.72. The van der Waals surface area contributed by atoms with E-state index >= 15 is 0 Å². The largest absolute Gasteiger partial charge is 0.417 e. The summed E-state index contributed by atoms with van der Waals surface area (Å²) >= 11 is 2.80. The number of rotatable bonds is 1. The Kier molecular flexibility index (Phi) is 4.29. The van der Waals surface area contributed by atoms with Crippen LogP contribution in [0.15, 0.2) is 27.7 Å². The third-order valence-electron chi connectivity index (χ3n) is 2.83. The second-order valence-corrected chi connectivity index (χ2v) is 6.34. The van der Waals surface area contributed by atoms with Crippen molar-refractivity contribution in [3.8, 4) is 0 Å². The van der Waals surface area contributed by atoms with Gasteiger partial charge in [-0.05, 0) is 17.7 Å². The van der Waals surface area contributed by atoms with Crippen LogP contribution in [0.5, 0.6) is 0 Å². The van der Waals surface area contributed by atoms with E-state index in [9.17, 15) is 31.1 Å². The molecule has 1 heterocycles. The highest BCUT2D eigenvalue weighted by Crippen LogP contribution is 2.45. The summed E-state index contributed by atoms with van der Waals surface area (Å²) in [5, 5.41) is -2.83. The molecule has 0 radical (unpaired) electrons. The van der Waals surface area contributed by atoms with Gasteiger partial charge in [0.05, 0.1) is 16.2 Å². The first-order chi connectivity index (χ1) is 9.93. The van der Waals surface area contributed by atoms with E-state index in [0.717, 1.165) is 12.1 Å². The van der Waals surface area contributed by atoms with Gasteiger partial charge in [-0.3, -0.25) is 4.79 Å². The van der Waals surface area contributed by atoms with Crippen LogP contribution in [0.4, 0.5) is 26.3 Å². The van der Waals surface area contributed by atoms with Crippen LogP contribution in [-0.2, 0) is 11.0 Å². The van der Waals surface area contributed by atoms with Gasteiger partial charge in [0.25, 0.3) is 0 Å². The van der Waals surface area contributed by atoms with Gasteiger partial charge < -0.3 is 5.73 Å². The summed E-state index contributed by atoms with van der Waals surface area (Å²) < 4.78 is 76.3. The molecule has 1 aromatic carbocycles. The number of hydrogen-bond donors (Lipinski definition) is 1. The normalized spacial score (nSPS) is 20.0. The molecule has 120 valence electrons. The van der Waals surface area contributed by atoms with Crippen LogP contribution in [0.1, 0.15) is 11.1 Å². The molecule has 2 rings (SSSR count). The number of benzene rings is 1. The highest BCUT2D eigenvalue weighted by Gasteiger charge is 2.51. The molecule has 1 aromatic rings. The summed E-state index contributed by atoms with van der Waals surface area (Å²) in [6.07, 6.45) is -9.54. The van der Waals surface area contributed by atoms with E-state index in [0.29, 0.717) is 6.07 Å². The van der Waals surface area contributed by atoms with Crippen molar-refractivity contribution in [1.82, 2.24) is 0 Å². The zero-order chi connectivity index (χ0) is 16.9. The predicted octanol–water partition coefficient (Wildman–Crippen LogP) is 4.34. The maximum absolute atomic E-state index is 12.8. The molecule has 0 aromatic heterocycles. The zero-order valence-corrected chi connectivity index (χ0v) is 12.8. The molecule has 0 aliphatic carbocycles. The average molecular weight is 406 g/mol. The summed E-state index contributed by atoms with van der Waals surface area (Å²) in [5.74, 6) is -1.34. The van der Waals surface area contributed by atoms with E-state index in [2.05, 4.69) is 15.9 Å². The Balaban J connectivity index is 2.49. The fraction of sp³-hybridized carbons (Fsp3) is 0.250. The van der Waals surface area contributed by atoms with E-state index in [1.807, 2.05) is 0 Å². The maximum Gasteiger partial charge on any atom is 0.417 e. The van der Waals surface area contributed by atoms with Gasteiger partial charge in [-0.15, -0.1) is 0 Å². The summed E-state index contributed by atoms with van der Waals surface area (Å²) in [5.41, 5.74) is 3.48. The number of carbonyl (C=O) groups is 1. The van der Waals surface area contributed by atoms with Gasteiger partial charge in [0.1, 0.15) is 0 Å². The van der Waals surface area contributed by atoms with Gasteiger partial charge in [-0.1, -0.05) is 33.8 Å². The topological polar surface area (TPSA) is 43.1 Å². The smallest absolute Gasteiger partial charge is 0.393 e. The average Bonchev–Trinajstić information content (AvgIpc) is 2.64. The highest BCUT2D eigenvalue weighted by molar-refractivity contribution is 9.10. The molecule has 2 nitrogen and oxygen atoms in total. The van der Waals surface area contributed by atoms with Gasteiger partial charge in [-0.2, -0.15) is 26.3 Å². The minimum Gasteiger partial charge on any atom is -0.393 e. The number of nitrogens with two attached hydrogens (primary N) is 1. The van der Waals surface area contributed by atoms with Crippen LogP contribution in [-0.4, -0.2) is 17.2 Å². The number of Topliss-reactive ketones (excluding diaryl/α,β-unsaturated/α-hetero) is 1. The molecule has 1 aliphatic heterocycles. The Morgan fingerprint density at radius 2 is 1.73 bits per heavy atom. The van der Waals surface area contributed by atoms with E-state index < -0.39 is 39.6 Å². The minimum absolute atomic E-state index is 0.0909. The fourth-order valence-electron chi connectivity index (χ4n) is 1.89. The van der Waals surface area contributed by atoms with Crippen molar-refractivity contribution in [3.05, 3.63) is 38.8 Å². The maximum atomic E-state index is 12.8. The number of hydrogen-bond acceptors (Lipinski definition) is 3. The van der Waals surface area contributed by atoms with Crippen molar-refractivity contribution in [3.63, 3.8) is 0 Å². The van der Waals surface area contributed by atoms with Gasteiger partial charge in [0, 0.05) is 4.47 Å². The van der Waals surface area contributed by atoms with Crippen molar-refractivity contribution < 1.29 is 31.1 Å². The molecular weight excluding hydrogens is 400 g/mol. The first-order valence-corrected chi connectivity index (χ1v) is 7.24. The lowest BCUT2D eigenvalue weighted by atomic mass is 9.98. The summed E-state index contributed by atoms with van der Waals surface area (Å²) in [6.45, 7) is 0. The number of halogens is 7. The molecule has 1 aliphatic rings. The van der Waals surface area contributed by atoms with Crippen molar-refractivity contribution in [2.75, 3.05) is 0 Å². The van der Waals surface area contributed by atoms with Crippen molar-refractivity contribution in [2.45, 2.75) is 17.6 Å². The van der Waals surface area contributed by atoms with E-state index in [4.69, 9.17) is 5.73 Å². The second-order valence-electron chi connectivity index (χ2n) is 4.34. The third kappa shape index (κ3) is 3.12. The molecule has 0 bridgehead atoms. The first kappa shape index (κ1) is 17.2. The number of carbonyl (C=O) groups excluding carboxylic acids is 1. The Bertz CT molecular complexity index is 667. The lowest BCUT2D eigenvalue weighted by Crippen LogP contribution is -2.31. The van der Waals surface area contributed by atoms with Crippen molar-refractivity contribution in [1.29, 1.82) is 0 Å². The molecule has 0 fully saturated rings. The van der Waals surface area contributed by atoms with Gasteiger partial charge in [0.2, 0.25) is 0 Å². The van der Waals surface area contributed by atoms with Crippen LogP contribution >= 0.6 is 27.7 Å². The lowest BCUT2D eigenvalue weighted by Gasteiger charge is -2.13. The molecule has 0 amide bonds. The number of alkyl halides is 6. The minimum atomic E-state index is -4.82. The summed E-state index contributed by atoms with van der Waals surface area (Å²) in [4.78, 5) is 11.8. The van der Waals surface area contributed by atoms with Crippen molar-refractivity contribution in [2.24, 2.45) is 5.73 Å². The molecule has 1 atom stereocenters. The molecule has 10 heteroatoms. The quantitative estimate of drug-likeness (QED) is 0.706. The Labute approximate surface area is 132 Å². The zero-order valence-electron chi connectivity index (χ0n) is 10.3. The van der Waals surface area contributed by atoms with E-state index in [1.165, 1.54) is 0 Å². The van der Waals surface area contributed by atoms with Crippen LogP contribution in [0.25, 0.3) is 5.57 Å².